The molecule has 1 aliphatic heterocycles. The molecule has 1 aromatic heterocycles. The Labute approximate surface area is 155 Å². The van der Waals surface area contributed by atoms with E-state index in [4.69, 9.17) is 11.6 Å². The van der Waals surface area contributed by atoms with Crippen LogP contribution in [0.2, 0.25) is 5.02 Å². The van der Waals surface area contributed by atoms with Gasteiger partial charge in [0, 0.05) is 31.0 Å². The van der Waals surface area contributed by atoms with E-state index >= 15 is 0 Å². The van der Waals surface area contributed by atoms with Crippen LogP contribution in [-0.2, 0) is 4.79 Å². The van der Waals surface area contributed by atoms with E-state index in [1.807, 2.05) is 24.3 Å². The maximum Gasteiger partial charge on any atom is 0.272 e. The van der Waals surface area contributed by atoms with E-state index in [-0.39, 0.29) is 23.6 Å². The zero-order chi connectivity index (χ0) is 17.8. The molecule has 25 heavy (non-hydrogen) atoms. The minimum absolute atomic E-state index is 0.0362. The van der Waals surface area contributed by atoms with Gasteiger partial charge in [0.1, 0.15) is 5.03 Å². The Balaban J connectivity index is 1.61. The summed E-state index contributed by atoms with van der Waals surface area (Å²) in [6.45, 7) is 0.642. The SMILES string of the molecule is CN1CCC(NC(=O)c2ccc(Sc3ccccc3Cl)nn2)CC1=O. The molecule has 1 N–H and O–H groups in total. The lowest BCUT2D eigenvalue weighted by atomic mass is 10.0. The summed E-state index contributed by atoms with van der Waals surface area (Å²) in [6, 6.07) is 10.7. The first-order valence-corrected chi connectivity index (χ1v) is 9.03. The average molecular weight is 377 g/mol. The van der Waals surface area contributed by atoms with Crippen LogP contribution in [0.15, 0.2) is 46.3 Å². The molecule has 2 amide bonds. The topological polar surface area (TPSA) is 75.2 Å². The molecule has 0 saturated carbocycles. The standard InChI is InChI=1S/C17H17ClN4O2S/c1-22-9-8-11(10-16(22)23)19-17(24)13-6-7-15(21-20-13)25-14-5-3-2-4-12(14)18/h2-7,11H,8-10H2,1H3,(H,19,24). The number of carbonyl (C=O) groups excluding carboxylic acids is 2. The Morgan fingerprint density at radius 1 is 1.28 bits per heavy atom. The second-order valence-electron chi connectivity index (χ2n) is 5.77. The van der Waals surface area contributed by atoms with Gasteiger partial charge in [0.15, 0.2) is 5.69 Å². The van der Waals surface area contributed by atoms with E-state index in [0.717, 1.165) is 11.3 Å². The lowest BCUT2D eigenvalue weighted by molar-refractivity contribution is -0.132. The van der Waals surface area contributed by atoms with Crippen LogP contribution in [0.4, 0.5) is 0 Å². The highest BCUT2D eigenvalue weighted by Gasteiger charge is 2.25. The number of piperidine rings is 1. The molecule has 1 unspecified atom stereocenters. The van der Waals surface area contributed by atoms with Gasteiger partial charge in [0.2, 0.25) is 5.91 Å². The molecular formula is C17H17ClN4O2S. The molecule has 1 aromatic carbocycles. The summed E-state index contributed by atoms with van der Waals surface area (Å²) in [5.41, 5.74) is 0.231. The number of benzene rings is 1. The fourth-order valence-electron chi connectivity index (χ4n) is 2.46. The highest BCUT2D eigenvalue weighted by atomic mass is 35.5. The van der Waals surface area contributed by atoms with Gasteiger partial charge >= 0.3 is 0 Å². The van der Waals surface area contributed by atoms with Gasteiger partial charge in [0.05, 0.1) is 5.02 Å². The molecular weight excluding hydrogens is 360 g/mol. The number of hydrogen-bond donors (Lipinski definition) is 1. The van der Waals surface area contributed by atoms with Crippen LogP contribution in [0.5, 0.6) is 0 Å². The molecule has 130 valence electrons. The van der Waals surface area contributed by atoms with Crippen molar-refractivity contribution in [3.05, 3.63) is 47.1 Å². The van der Waals surface area contributed by atoms with Crippen LogP contribution in [0, 0.1) is 0 Å². The largest absolute Gasteiger partial charge is 0.347 e. The highest BCUT2D eigenvalue weighted by Crippen LogP contribution is 2.31. The molecule has 1 atom stereocenters. The second kappa shape index (κ2) is 7.84. The summed E-state index contributed by atoms with van der Waals surface area (Å²) < 4.78 is 0. The van der Waals surface area contributed by atoms with E-state index in [0.29, 0.717) is 23.0 Å². The van der Waals surface area contributed by atoms with Crippen molar-refractivity contribution in [2.24, 2.45) is 0 Å². The number of likely N-dealkylation sites (tertiary alicyclic amines) is 1. The molecule has 2 heterocycles. The summed E-state index contributed by atoms with van der Waals surface area (Å²) in [7, 11) is 1.77. The van der Waals surface area contributed by atoms with Gasteiger partial charge in [-0.2, -0.15) is 0 Å². The van der Waals surface area contributed by atoms with E-state index < -0.39 is 0 Å². The lowest BCUT2D eigenvalue weighted by Gasteiger charge is -2.29. The first-order chi connectivity index (χ1) is 12.0. The normalized spacial score (nSPS) is 17.4. The average Bonchev–Trinajstić information content (AvgIpc) is 2.61. The summed E-state index contributed by atoms with van der Waals surface area (Å²) in [5, 5.41) is 12.2. The van der Waals surface area contributed by atoms with Gasteiger partial charge in [-0.1, -0.05) is 35.5 Å². The molecule has 1 fully saturated rings. The van der Waals surface area contributed by atoms with E-state index in [2.05, 4.69) is 15.5 Å². The third-order valence-corrected chi connectivity index (χ3v) is 5.36. The molecule has 2 aromatic rings. The molecule has 1 saturated heterocycles. The zero-order valence-electron chi connectivity index (χ0n) is 13.6. The highest BCUT2D eigenvalue weighted by molar-refractivity contribution is 7.99. The van der Waals surface area contributed by atoms with Crippen molar-refractivity contribution >= 4 is 35.2 Å². The minimum atomic E-state index is -0.316. The second-order valence-corrected chi connectivity index (χ2v) is 7.24. The van der Waals surface area contributed by atoms with Gasteiger partial charge < -0.3 is 10.2 Å². The Kier molecular flexibility index (Phi) is 5.55. The number of rotatable bonds is 4. The quantitative estimate of drug-likeness (QED) is 0.887. The molecule has 0 bridgehead atoms. The third-order valence-electron chi connectivity index (χ3n) is 3.92. The molecule has 0 spiro atoms. The van der Waals surface area contributed by atoms with Gasteiger partial charge in [-0.15, -0.1) is 10.2 Å². The minimum Gasteiger partial charge on any atom is -0.347 e. The van der Waals surface area contributed by atoms with E-state index in [1.165, 1.54) is 11.8 Å². The van der Waals surface area contributed by atoms with Crippen molar-refractivity contribution in [3.8, 4) is 0 Å². The van der Waals surface area contributed by atoms with Crippen LogP contribution < -0.4 is 5.32 Å². The van der Waals surface area contributed by atoms with Gasteiger partial charge in [-0.05, 0) is 30.7 Å². The van der Waals surface area contributed by atoms with Crippen molar-refractivity contribution in [2.45, 2.75) is 28.8 Å². The van der Waals surface area contributed by atoms with Crippen LogP contribution in [-0.4, -0.2) is 46.5 Å². The molecule has 0 aliphatic carbocycles. The molecule has 6 nitrogen and oxygen atoms in total. The Morgan fingerprint density at radius 2 is 2.08 bits per heavy atom. The monoisotopic (exact) mass is 376 g/mol. The number of halogens is 1. The van der Waals surface area contributed by atoms with E-state index in [9.17, 15) is 9.59 Å². The van der Waals surface area contributed by atoms with Crippen molar-refractivity contribution in [1.29, 1.82) is 0 Å². The summed E-state index contributed by atoms with van der Waals surface area (Å²) in [6.07, 6.45) is 1.05. The number of carbonyl (C=O) groups is 2. The third kappa shape index (κ3) is 4.49. The van der Waals surface area contributed by atoms with Crippen LogP contribution in [0.3, 0.4) is 0 Å². The summed E-state index contributed by atoms with van der Waals surface area (Å²) in [5.74, 6) is -0.279. The number of nitrogens with zero attached hydrogens (tertiary/aromatic N) is 3. The van der Waals surface area contributed by atoms with Crippen molar-refractivity contribution in [1.82, 2.24) is 20.4 Å². The molecule has 8 heteroatoms. The van der Waals surface area contributed by atoms with E-state index in [1.54, 1.807) is 24.1 Å². The van der Waals surface area contributed by atoms with Crippen molar-refractivity contribution in [2.75, 3.05) is 13.6 Å². The van der Waals surface area contributed by atoms with Gasteiger partial charge in [0.25, 0.3) is 5.91 Å². The van der Waals surface area contributed by atoms with Crippen LogP contribution >= 0.6 is 23.4 Å². The maximum absolute atomic E-state index is 12.3. The number of nitrogens with one attached hydrogen (secondary N) is 1. The predicted molar refractivity (Wildman–Crippen MR) is 95.7 cm³/mol. The number of hydrogen-bond acceptors (Lipinski definition) is 5. The Bertz CT molecular complexity index is 784. The number of amides is 2. The molecule has 3 rings (SSSR count). The first kappa shape index (κ1) is 17.7. The zero-order valence-corrected chi connectivity index (χ0v) is 15.2. The Morgan fingerprint density at radius 3 is 2.76 bits per heavy atom. The number of aromatic nitrogens is 2. The van der Waals surface area contributed by atoms with Crippen LogP contribution in [0.1, 0.15) is 23.3 Å². The molecule has 1 aliphatic rings. The maximum atomic E-state index is 12.3. The van der Waals surface area contributed by atoms with Crippen molar-refractivity contribution in [3.63, 3.8) is 0 Å². The first-order valence-electron chi connectivity index (χ1n) is 7.84. The van der Waals surface area contributed by atoms with Crippen molar-refractivity contribution < 1.29 is 9.59 Å². The fourth-order valence-corrected chi connectivity index (χ4v) is 3.47. The summed E-state index contributed by atoms with van der Waals surface area (Å²) >= 11 is 7.51. The van der Waals surface area contributed by atoms with Gasteiger partial charge in [-0.25, -0.2) is 0 Å². The fraction of sp³-hybridized carbons (Fsp3) is 0.294. The van der Waals surface area contributed by atoms with Crippen LogP contribution in [0.25, 0.3) is 0 Å². The van der Waals surface area contributed by atoms with Gasteiger partial charge in [-0.3, -0.25) is 9.59 Å². The molecule has 0 radical (unpaired) electrons. The lowest BCUT2D eigenvalue weighted by Crippen LogP contribution is -2.46. The Hall–Kier alpha value is -2.12. The summed E-state index contributed by atoms with van der Waals surface area (Å²) in [4.78, 5) is 26.5. The predicted octanol–water partition coefficient (Wildman–Crippen LogP) is 2.63. The smallest absolute Gasteiger partial charge is 0.272 e.